The zero-order valence-corrected chi connectivity index (χ0v) is 3.89. The van der Waals surface area contributed by atoms with Crippen LogP contribution in [-0.2, 0) is 0 Å². The van der Waals surface area contributed by atoms with Gasteiger partial charge in [0.2, 0.25) is 0 Å². The molecular formula is C6H5N. The fraction of sp³-hybridized carbons (Fsp3) is 0. The minimum Gasteiger partial charge on any atom is -0.193 e. The van der Waals surface area contributed by atoms with Crippen LogP contribution in [0.3, 0.4) is 0 Å². The van der Waals surface area contributed by atoms with Gasteiger partial charge in [0.15, 0.2) is 0 Å². The molecule has 0 aliphatic rings. The lowest BCUT2D eigenvalue weighted by Crippen LogP contribution is -1.41. The number of nitrogens with zero attached hydrogens (tertiary/aromatic N) is 1. The van der Waals surface area contributed by atoms with Gasteiger partial charge in [0.1, 0.15) is 0 Å². The van der Waals surface area contributed by atoms with Crippen molar-refractivity contribution in [1.29, 1.82) is 5.26 Å². The molecule has 0 rings (SSSR count). The summed E-state index contributed by atoms with van der Waals surface area (Å²) in [5.41, 5.74) is 2.49. The molecule has 0 N–H and O–H groups in total. The Morgan fingerprint density at radius 2 is 2.29 bits per heavy atom. The molecule has 0 saturated heterocycles. The first-order valence-corrected chi connectivity index (χ1v) is 1.82. The molecule has 0 bridgehead atoms. The Bertz CT molecular complexity index is 142. The molecule has 1 nitrogen and oxygen atoms in total. The number of hydrogen-bond donors (Lipinski definition) is 0. The van der Waals surface area contributed by atoms with Crippen molar-refractivity contribution in [3.63, 3.8) is 0 Å². The van der Waals surface area contributed by atoms with Crippen LogP contribution in [0.2, 0.25) is 0 Å². The minimum atomic E-state index is 1.36. The Morgan fingerprint density at radius 3 is 2.71 bits per heavy atom. The van der Waals surface area contributed by atoms with Crippen molar-refractivity contribution in [2.75, 3.05) is 0 Å². The SMILES string of the molecule is C=C=C/C=C\C#N. The van der Waals surface area contributed by atoms with E-state index >= 15 is 0 Å². The third-order valence-corrected chi connectivity index (χ3v) is 0.385. The molecule has 0 spiro atoms. The van der Waals surface area contributed by atoms with Crippen molar-refractivity contribution >= 4 is 0 Å². The molecule has 1 heteroatoms. The smallest absolute Gasteiger partial charge is 0.0912 e. The van der Waals surface area contributed by atoms with Crippen LogP contribution < -0.4 is 0 Å². The van der Waals surface area contributed by atoms with E-state index in [9.17, 15) is 0 Å². The maximum Gasteiger partial charge on any atom is 0.0912 e. The van der Waals surface area contributed by atoms with Gasteiger partial charge in [-0.2, -0.15) is 5.26 Å². The lowest BCUT2D eigenvalue weighted by atomic mass is 10.5. The van der Waals surface area contributed by atoms with Crippen LogP contribution in [0.1, 0.15) is 0 Å². The summed E-state index contributed by atoms with van der Waals surface area (Å²) in [7, 11) is 0. The van der Waals surface area contributed by atoms with Crippen LogP contribution in [-0.4, -0.2) is 0 Å². The average Bonchev–Trinajstić information content (AvgIpc) is 1.69. The van der Waals surface area contributed by atoms with E-state index in [1.165, 1.54) is 6.08 Å². The molecule has 0 aromatic carbocycles. The maximum absolute atomic E-state index is 7.89. The number of allylic oxidation sites excluding steroid dienone is 3. The van der Waals surface area contributed by atoms with Gasteiger partial charge in [-0.1, -0.05) is 6.58 Å². The van der Waals surface area contributed by atoms with Gasteiger partial charge in [0.05, 0.1) is 6.07 Å². The molecule has 0 heterocycles. The molecule has 0 aromatic rings. The van der Waals surface area contributed by atoms with Crippen molar-refractivity contribution in [3.8, 4) is 6.07 Å². The largest absolute Gasteiger partial charge is 0.193 e. The molecule has 0 aromatic heterocycles. The normalized spacial score (nSPS) is 7.29. The Morgan fingerprint density at radius 1 is 1.57 bits per heavy atom. The third kappa shape index (κ3) is 4.75. The van der Waals surface area contributed by atoms with Gasteiger partial charge in [-0.15, -0.1) is 5.73 Å². The first-order valence-electron chi connectivity index (χ1n) is 1.82. The van der Waals surface area contributed by atoms with E-state index in [1.54, 1.807) is 12.2 Å². The number of nitriles is 1. The summed E-state index contributed by atoms with van der Waals surface area (Å²) in [5.74, 6) is 0. The molecule has 0 saturated carbocycles. The molecule has 0 radical (unpaired) electrons. The predicted octanol–water partition coefficient (Wildman–Crippen LogP) is 1.41. The first-order chi connectivity index (χ1) is 3.41. The summed E-state index contributed by atoms with van der Waals surface area (Å²) in [6.45, 7) is 3.29. The van der Waals surface area contributed by atoms with Gasteiger partial charge >= 0.3 is 0 Å². The van der Waals surface area contributed by atoms with Crippen molar-refractivity contribution in [1.82, 2.24) is 0 Å². The summed E-state index contributed by atoms with van der Waals surface area (Å²) in [6, 6.07) is 1.82. The number of rotatable bonds is 1. The zero-order chi connectivity index (χ0) is 5.54. The van der Waals surface area contributed by atoms with E-state index < -0.39 is 0 Å². The second-order valence-corrected chi connectivity index (χ2v) is 0.859. The van der Waals surface area contributed by atoms with Crippen LogP contribution in [0.25, 0.3) is 0 Å². The van der Waals surface area contributed by atoms with Crippen molar-refractivity contribution in [2.45, 2.75) is 0 Å². The summed E-state index contributed by atoms with van der Waals surface area (Å²) < 4.78 is 0. The van der Waals surface area contributed by atoms with Crippen LogP contribution in [0, 0.1) is 11.3 Å². The monoisotopic (exact) mass is 91.0 g/mol. The number of hydrogen-bond acceptors (Lipinski definition) is 1. The fourth-order valence-corrected chi connectivity index (χ4v) is 0.159. The third-order valence-electron chi connectivity index (χ3n) is 0.385. The van der Waals surface area contributed by atoms with E-state index in [-0.39, 0.29) is 0 Å². The van der Waals surface area contributed by atoms with Gasteiger partial charge in [-0.25, -0.2) is 0 Å². The van der Waals surface area contributed by atoms with Gasteiger partial charge in [0, 0.05) is 6.08 Å². The lowest BCUT2D eigenvalue weighted by molar-refractivity contribution is 1.53. The maximum atomic E-state index is 7.89. The van der Waals surface area contributed by atoms with Crippen molar-refractivity contribution < 1.29 is 0 Å². The van der Waals surface area contributed by atoms with Crippen molar-refractivity contribution in [3.05, 3.63) is 30.5 Å². The van der Waals surface area contributed by atoms with Gasteiger partial charge in [0.25, 0.3) is 0 Å². The molecule has 7 heavy (non-hydrogen) atoms. The molecule has 0 aliphatic heterocycles. The first kappa shape index (κ1) is 5.75. The Labute approximate surface area is 42.9 Å². The standard InChI is InChI=1S/C6H5N/c1-2-3-4-5-6-7/h3-5H,1H2/b5-4-. The van der Waals surface area contributed by atoms with Gasteiger partial charge in [-0.3, -0.25) is 0 Å². The highest BCUT2D eigenvalue weighted by molar-refractivity contribution is 5.10. The quantitative estimate of drug-likeness (QED) is 0.272. The molecule has 0 atom stereocenters. The topological polar surface area (TPSA) is 23.8 Å². The van der Waals surface area contributed by atoms with E-state index in [0.717, 1.165) is 0 Å². The van der Waals surface area contributed by atoms with E-state index in [1.807, 2.05) is 6.07 Å². The highest BCUT2D eigenvalue weighted by Crippen LogP contribution is 1.67. The predicted molar refractivity (Wildman–Crippen MR) is 28.5 cm³/mol. The summed E-state index contributed by atoms with van der Waals surface area (Å²) >= 11 is 0. The fourth-order valence-electron chi connectivity index (χ4n) is 0.159. The van der Waals surface area contributed by atoms with E-state index in [0.29, 0.717) is 0 Å². The van der Waals surface area contributed by atoms with Crippen molar-refractivity contribution in [2.24, 2.45) is 0 Å². The molecule has 0 amide bonds. The highest BCUT2D eigenvalue weighted by atomic mass is 14.2. The Balaban J connectivity index is 3.54. The molecular weight excluding hydrogens is 86.1 g/mol. The molecule has 0 fully saturated rings. The highest BCUT2D eigenvalue weighted by Gasteiger charge is 1.53. The molecule has 34 valence electrons. The summed E-state index contributed by atoms with van der Waals surface area (Å²) in [6.07, 6.45) is 4.51. The molecule has 0 aliphatic carbocycles. The summed E-state index contributed by atoms with van der Waals surface area (Å²) in [5, 5.41) is 7.89. The second-order valence-electron chi connectivity index (χ2n) is 0.859. The van der Waals surface area contributed by atoms with E-state index in [4.69, 9.17) is 5.26 Å². The van der Waals surface area contributed by atoms with Crippen LogP contribution >= 0.6 is 0 Å². The van der Waals surface area contributed by atoms with Gasteiger partial charge < -0.3 is 0 Å². The van der Waals surface area contributed by atoms with E-state index in [2.05, 4.69) is 12.3 Å². The van der Waals surface area contributed by atoms with Crippen LogP contribution in [0.15, 0.2) is 30.5 Å². The van der Waals surface area contributed by atoms with Crippen LogP contribution in [0.5, 0.6) is 0 Å². The lowest BCUT2D eigenvalue weighted by Gasteiger charge is -1.55. The zero-order valence-electron chi connectivity index (χ0n) is 3.89. The molecule has 0 unspecified atom stereocenters. The van der Waals surface area contributed by atoms with Gasteiger partial charge in [-0.05, 0) is 12.2 Å². The average molecular weight is 91.1 g/mol. The Hall–Kier alpha value is -1.25. The minimum absolute atomic E-state index is 1.36. The van der Waals surface area contributed by atoms with Crippen LogP contribution in [0.4, 0.5) is 0 Å². The second kappa shape index (κ2) is 4.75. The Kier molecular flexibility index (Phi) is 3.90. The summed E-state index contributed by atoms with van der Waals surface area (Å²) in [4.78, 5) is 0.